The molecule has 132 valence electrons. The maximum absolute atomic E-state index is 4.89. The fourth-order valence-corrected chi connectivity index (χ4v) is 4.15. The van der Waals surface area contributed by atoms with Gasteiger partial charge < -0.3 is 0 Å². The molecule has 4 aromatic heterocycles. The third kappa shape index (κ3) is 2.42. The first-order valence-corrected chi connectivity index (χ1v) is 9.21. The van der Waals surface area contributed by atoms with Crippen molar-refractivity contribution in [1.29, 1.82) is 0 Å². The highest BCUT2D eigenvalue weighted by Gasteiger charge is 2.28. The molecule has 26 heavy (non-hydrogen) atoms. The van der Waals surface area contributed by atoms with Crippen LogP contribution in [0.25, 0.3) is 28.0 Å². The molecule has 4 aromatic rings. The van der Waals surface area contributed by atoms with Gasteiger partial charge in [-0.3, -0.25) is 9.78 Å². The molecule has 0 aromatic carbocycles. The molecule has 7 heteroatoms. The van der Waals surface area contributed by atoms with Crippen LogP contribution in [0.3, 0.4) is 0 Å². The van der Waals surface area contributed by atoms with Crippen molar-refractivity contribution >= 4 is 5.52 Å². The molecular weight excluding hydrogens is 326 g/mol. The highest BCUT2D eigenvalue weighted by atomic mass is 15.3. The molecule has 4 heterocycles. The van der Waals surface area contributed by atoms with Gasteiger partial charge in [-0.15, -0.1) is 0 Å². The van der Waals surface area contributed by atoms with Gasteiger partial charge in [0.05, 0.1) is 47.7 Å². The van der Waals surface area contributed by atoms with E-state index in [4.69, 9.17) is 4.98 Å². The lowest BCUT2D eigenvalue weighted by Crippen LogP contribution is -2.13. The molecule has 1 N–H and O–H groups in total. The summed E-state index contributed by atoms with van der Waals surface area (Å²) in [7, 11) is 0. The largest absolute Gasteiger partial charge is 0.285 e. The lowest BCUT2D eigenvalue weighted by atomic mass is 10.0. The van der Waals surface area contributed by atoms with Crippen LogP contribution in [0.1, 0.15) is 38.6 Å². The normalized spacial score (nSPS) is 20.2. The molecule has 0 bridgehead atoms. The minimum absolute atomic E-state index is 0.506. The van der Waals surface area contributed by atoms with Crippen molar-refractivity contribution in [2.75, 3.05) is 0 Å². The zero-order valence-corrected chi connectivity index (χ0v) is 14.7. The second kappa shape index (κ2) is 6.09. The fraction of sp³-hybridized carbons (Fsp3) is 0.368. The highest BCUT2D eigenvalue weighted by Crippen LogP contribution is 2.38. The Morgan fingerprint density at radius 3 is 2.96 bits per heavy atom. The average Bonchev–Trinajstić information content (AvgIpc) is 3.47. The Kier molecular flexibility index (Phi) is 3.58. The third-order valence-electron chi connectivity index (χ3n) is 5.54. The van der Waals surface area contributed by atoms with Gasteiger partial charge in [0.25, 0.3) is 0 Å². The molecule has 0 saturated heterocycles. The van der Waals surface area contributed by atoms with Crippen LogP contribution in [0.5, 0.6) is 0 Å². The summed E-state index contributed by atoms with van der Waals surface area (Å²) >= 11 is 0. The SMILES string of the molecule is CCC1CCCC1n1cc(-c2nc(-c3cn[nH]c3)cn3nccc23)cn1. The molecule has 1 aliphatic rings. The summed E-state index contributed by atoms with van der Waals surface area (Å²) in [6.45, 7) is 2.28. The van der Waals surface area contributed by atoms with Crippen molar-refractivity contribution in [2.45, 2.75) is 38.6 Å². The fourth-order valence-electron chi connectivity index (χ4n) is 4.15. The second-order valence-corrected chi connectivity index (χ2v) is 7.00. The Balaban J connectivity index is 1.60. The van der Waals surface area contributed by atoms with E-state index >= 15 is 0 Å². The lowest BCUT2D eigenvalue weighted by Gasteiger charge is -2.18. The van der Waals surface area contributed by atoms with E-state index in [1.807, 2.05) is 29.2 Å². The van der Waals surface area contributed by atoms with E-state index < -0.39 is 0 Å². The Hall–Kier alpha value is -2.96. The number of fused-ring (bicyclic) bond motifs is 1. The first-order chi connectivity index (χ1) is 12.8. The van der Waals surface area contributed by atoms with Crippen LogP contribution in [0, 0.1) is 5.92 Å². The number of nitrogens with one attached hydrogen (secondary N) is 1. The van der Waals surface area contributed by atoms with Gasteiger partial charge in [-0.25, -0.2) is 9.50 Å². The first-order valence-electron chi connectivity index (χ1n) is 9.21. The Morgan fingerprint density at radius 1 is 1.15 bits per heavy atom. The molecule has 0 aliphatic heterocycles. The number of hydrogen-bond acceptors (Lipinski definition) is 4. The Bertz CT molecular complexity index is 1030. The molecule has 0 amide bonds. The van der Waals surface area contributed by atoms with Gasteiger partial charge in [-0.1, -0.05) is 19.8 Å². The molecule has 7 nitrogen and oxygen atoms in total. The molecule has 1 aliphatic carbocycles. The van der Waals surface area contributed by atoms with Crippen LogP contribution in [0.15, 0.2) is 43.2 Å². The number of aromatic nitrogens is 7. The number of nitrogens with zero attached hydrogens (tertiary/aromatic N) is 6. The van der Waals surface area contributed by atoms with Crippen LogP contribution in [-0.2, 0) is 0 Å². The van der Waals surface area contributed by atoms with Gasteiger partial charge in [0, 0.05) is 23.5 Å². The van der Waals surface area contributed by atoms with Gasteiger partial charge in [-0.05, 0) is 24.8 Å². The third-order valence-corrected chi connectivity index (χ3v) is 5.54. The molecule has 0 radical (unpaired) electrons. The predicted molar refractivity (Wildman–Crippen MR) is 98.5 cm³/mol. The van der Waals surface area contributed by atoms with Gasteiger partial charge in [-0.2, -0.15) is 15.3 Å². The van der Waals surface area contributed by atoms with Crippen molar-refractivity contribution in [3.63, 3.8) is 0 Å². The zero-order chi connectivity index (χ0) is 17.5. The van der Waals surface area contributed by atoms with Crippen LogP contribution >= 0.6 is 0 Å². The topological polar surface area (TPSA) is 76.7 Å². The number of hydrogen-bond donors (Lipinski definition) is 1. The molecule has 5 rings (SSSR count). The standard InChI is InChI=1S/C19H21N7/c1-2-13-4-3-5-17(13)25-11-15(10-23-25)19-18-6-7-22-26(18)12-16(24-19)14-8-20-21-9-14/h6-13,17H,2-5H2,1H3,(H,20,21). The van der Waals surface area contributed by atoms with E-state index in [9.17, 15) is 0 Å². The monoisotopic (exact) mass is 347 g/mol. The maximum Gasteiger partial charge on any atom is 0.0999 e. The molecule has 2 atom stereocenters. The van der Waals surface area contributed by atoms with Gasteiger partial charge in [0.2, 0.25) is 0 Å². The maximum atomic E-state index is 4.89. The van der Waals surface area contributed by atoms with Crippen molar-refractivity contribution < 1.29 is 0 Å². The van der Waals surface area contributed by atoms with E-state index in [1.54, 1.807) is 12.4 Å². The van der Waals surface area contributed by atoms with E-state index in [2.05, 4.69) is 38.2 Å². The molecule has 1 saturated carbocycles. The minimum atomic E-state index is 0.506. The van der Waals surface area contributed by atoms with E-state index in [0.29, 0.717) is 6.04 Å². The van der Waals surface area contributed by atoms with Crippen LogP contribution < -0.4 is 0 Å². The summed E-state index contributed by atoms with van der Waals surface area (Å²) in [4.78, 5) is 4.89. The predicted octanol–water partition coefficient (Wildman–Crippen LogP) is 3.73. The average molecular weight is 347 g/mol. The molecule has 1 fully saturated rings. The zero-order valence-electron chi connectivity index (χ0n) is 14.7. The van der Waals surface area contributed by atoms with E-state index in [0.717, 1.165) is 33.9 Å². The van der Waals surface area contributed by atoms with Gasteiger partial charge in [0.1, 0.15) is 0 Å². The number of H-pyrrole nitrogens is 1. The second-order valence-electron chi connectivity index (χ2n) is 7.00. The smallest absolute Gasteiger partial charge is 0.0999 e. The van der Waals surface area contributed by atoms with Crippen LogP contribution in [0.2, 0.25) is 0 Å². The van der Waals surface area contributed by atoms with Gasteiger partial charge >= 0.3 is 0 Å². The van der Waals surface area contributed by atoms with Crippen LogP contribution in [-0.4, -0.2) is 34.6 Å². The minimum Gasteiger partial charge on any atom is -0.285 e. The van der Waals surface area contributed by atoms with Gasteiger partial charge in [0.15, 0.2) is 0 Å². The van der Waals surface area contributed by atoms with E-state index in [1.165, 1.54) is 25.7 Å². The van der Waals surface area contributed by atoms with Crippen molar-refractivity contribution in [2.24, 2.45) is 5.92 Å². The van der Waals surface area contributed by atoms with Crippen LogP contribution in [0.4, 0.5) is 0 Å². The lowest BCUT2D eigenvalue weighted by molar-refractivity contribution is 0.343. The van der Waals surface area contributed by atoms with Crippen molar-refractivity contribution in [1.82, 2.24) is 34.6 Å². The summed E-state index contributed by atoms with van der Waals surface area (Å²) in [5.41, 5.74) is 4.69. The number of rotatable bonds is 4. The van der Waals surface area contributed by atoms with Crippen molar-refractivity contribution in [3.8, 4) is 22.5 Å². The summed E-state index contributed by atoms with van der Waals surface area (Å²) in [5.74, 6) is 0.725. The molecule has 2 unspecified atom stereocenters. The molecule has 0 spiro atoms. The number of aromatic amines is 1. The molecular formula is C19H21N7. The summed E-state index contributed by atoms with van der Waals surface area (Å²) < 4.78 is 4.02. The highest BCUT2D eigenvalue weighted by molar-refractivity contribution is 5.78. The van der Waals surface area contributed by atoms with Crippen molar-refractivity contribution in [3.05, 3.63) is 43.2 Å². The summed E-state index contributed by atoms with van der Waals surface area (Å²) in [6.07, 6.45) is 16.4. The Morgan fingerprint density at radius 2 is 2.12 bits per heavy atom. The summed E-state index contributed by atoms with van der Waals surface area (Å²) in [5, 5.41) is 16.0. The first kappa shape index (κ1) is 15.3. The Labute approximate surface area is 151 Å². The summed E-state index contributed by atoms with van der Waals surface area (Å²) in [6, 6.07) is 2.50. The quantitative estimate of drug-likeness (QED) is 0.610. The van der Waals surface area contributed by atoms with E-state index in [-0.39, 0.29) is 0 Å².